The molecule has 0 saturated carbocycles. The van der Waals surface area contributed by atoms with Crippen molar-refractivity contribution in [3.05, 3.63) is 10.6 Å². The van der Waals surface area contributed by atoms with Crippen LogP contribution in [0.2, 0.25) is 0 Å². The van der Waals surface area contributed by atoms with Gasteiger partial charge in [0.25, 0.3) is 0 Å². The highest BCUT2D eigenvalue weighted by Crippen LogP contribution is 2.37. The van der Waals surface area contributed by atoms with Crippen molar-refractivity contribution in [1.29, 1.82) is 0 Å². The number of aromatic nitrogens is 1. The molecule has 0 unspecified atom stereocenters. The summed E-state index contributed by atoms with van der Waals surface area (Å²) in [5.41, 5.74) is 1.31. The van der Waals surface area contributed by atoms with E-state index >= 15 is 0 Å². The SMILES string of the molecule is CNCc1sc(N2CCCC2(C)C)nc1COC. The Kier molecular flexibility index (Phi) is 4.25. The van der Waals surface area contributed by atoms with Crippen LogP contribution in [0.1, 0.15) is 37.3 Å². The first kappa shape index (κ1) is 13.8. The Morgan fingerprint density at radius 1 is 1.50 bits per heavy atom. The zero-order valence-corrected chi connectivity index (χ0v) is 12.6. The first-order valence-corrected chi connectivity index (χ1v) is 7.30. The molecular formula is C13H23N3OS. The topological polar surface area (TPSA) is 37.4 Å². The number of rotatable bonds is 5. The van der Waals surface area contributed by atoms with Gasteiger partial charge in [-0.25, -0.2) is 4.98 Å². The predicted molar refractivity (Wildman–Crippen MR) is 76.2 cm³/mol. The van der Waals surface area contributed by atoms with Gasteiger partial charge in [0, 0.05) is 30.6 Å². The van der Waals surface area contributed by atoms with Crippen molar-refractivity contribution in [3.63, 3.8) is 0 Å². The van der Waals surface area contributed by atoms with Crippen LogP contribution in [0.4, 0.5) is 5.13 Å². The van der Waals surface area contributed by atoms with Crippen LogP contribution in [0.15, 0.2) is 0 Å². The van der Waals surface area contributed by atoms with E-state index in [-0.39, 0.29) is 5.54 Å². The Morgan fingerprint density at radius 3 is 2.83 bits per heavy atom. The van der Waals surface area contributed by atoms with Crippen LogP contribution in [-0.4, -0.2) is 31.2 Å². The van der Waals surface area contributed by atoms with Gasteiger partial charge in [-0.3, -0.25) is 0 Å². The van der Waals surface area contributed by atoms with E-state index in [2.05, 4.69) is 24.1 Å². The quantitative estimate of drug-likeness (QED) is 0.890. The number of nitrogens with zero attached hydrogens (tertiary/aromatic N) is 2. The lowest BCUT2D eigenvalue weighted by molar-refractivity contribution is 0.181. The second kappa shape index (κ2) is 5.55. The molecule has 0 amide bonds. The summed E-state index contributed by atoms with van der Waals surface area (Å²) in [5.74, 6) is 0. The van der Waals surface area contributed by atoms with Crippen molar-refractivity contribution in [3.8, 4) is 0 Å². The van der Waals surface area contributed by atoms with E-state index in [1.54, 1.807) is 18.4 Å². The number of thiazole rings is 1. The molecule has 1 aromatic rings. The lowest BCUT2D eigenvalue weighted by Crippen LogP contribution is -2.38. The van der Waals surface area contributed by atoms with Gasteiger partial charge in [-0.05, 0) is 33.7 Å². The highest BCUT2D eigenvalue weighted by Gasteiger charge is 2.34. The number of anilines is 1. The molecule has 1 fully saturated rings. The van der Waals surface area contributed by atoms with Crippen LogP contribution in [-0.2, 0) is 17.9 Å². The van der Waals surface area contributed by atoms with Gasteiger partial charge in [-0.1, -0.05) is 0 Å². The van der Waals surface area contributed by atoms with Gasteiger partial charge < -0.3 is 15.0 Å². The largest absolute Gasteiger partial charge is 0.378 e. The number of nitrogens with one attached hydrogen (secondary N) is 1. The number of methoxy groups -OCH3 is 1. The van der Waals surface area contributed by atoms with E-state index in [1.807, 2.05) is 7.05 Å². The van der Waals surface area contributed by atoms with Gasteiger partial charge >= 0.3 is 0 Å². The molecule has 0 spiro atoms. The molecule has 1 aliphatic rings. The van der Waals surface area contributed by atoms with Crippen LogP contribution < -0.4 is 10.2 Å². The fourth-order valence-electron chi connectivity index (χ4n) is 2.50. The summed E-state index contributed by atoms with van der Waals surface area (Å²) in [6.45, 7) is 7.18. The normalized spacial score (nSPS) is 18.6. The molecule has 18 heavy (non-hydrogen) atoms. The van der Waals surface area contributed by atoms with Gasteiger partial charge in [-0.2, -0.15) is 0 Å². The predicted octanol–water partition coefficient (Wildman–Crippen LogP) is 2.39. The van der Waals surface area contributed by atoms with Crippen molar-refractivity contribution in [1.82, 2.24) is 10.3 Å². The van der Waals surface area contributed by atoms with Gasteiger partial charge in [0.1, 0.15) is 0 Å². The van der Waals surface area contributed by atoms with E-state index in [9.17, 15) is 0 Å². The third-order valence-electron chi connectivity index (χ3n) is 3.52. The summed E-state index contributed by atoms with van der Waals surface area (Å²) < 4.78 is 5.24. The average molecular weight is 269 g/mol. The van der Waals surface area contributed by atoms with Crippen LogP contribution in [0.25, 0.3) is 0 Å². The first-order valence-electron chi connectivity index (χ1n) is 6.48. The molecule has 0 bridgehead atoms. The molecule has 0 atom stereocenters. The summed E-state index contributed by atoms with van der Waals surface area (Å²) in [6, 6.07) is 0. The summed E-state index contributed by atoms with van der Waals surface area (Å²) in [5, 5.41) is 4.35. The average Bonchev–Trinajstić information content (AvgIpc) is 2.84. The Bertz CT molecular complexity index is 379. The molecule has 102 valence electrons. The molecular weight excluding hydrogens is 246 g/mol. The van der Waals surface area contributed by atoms with Crippen molar-refractivity contribution < 1.29 is 4.74 Å². The Balaban J connectivity index is 2.25. The maximum Gasteiger partial charge on any atom is 0.186 e. The van der Waals surface area contributed by atoms with E-state index < -0.39 is 0 Å². The van der Waals surface area contributed by atoms with E-state index in [0.29, 0.717) is 6.61 Å². The molecule has 0 aromatic carbocycles. The zero-order valence-electron chi connectivity index (χ0n) is 11.7. The molecule has 1 N–H and O–H groups in total. The standard InChI is InChI=1S/C13H23N3OS/c1-13(2)6-5-7-16(13)12-15-10(9-17-4)11(18-12)8-14-3/h14H,5-9H2,1-4H3. The molecule has 5 heteroatoms. The summed E-state index contributed by atoms with van der Waals surface area (Å²) in [4.78, 5) is 8.51. The number of ether oxygens (including phenoxy) is 1. The third-order valence-corrected chi connectivity index (χ3v) is 4.64. The smallest absolute Gasteiger partial charge is 0.186 e. The number of hydrogen-bond acceptors (Lipinski definition) is 5. The van der Waals surface area contributed by atoms with Gasteiger partial charge in [0.05, 0.1) is 12.3 Å². The van der Waals surface area contributed by atoms with Gasteiger partial charge in [0.15, 0.2) is 5.13 Å². The maximum atomic E-state index is 5.24. The molecule has 2 rings (SSSR count). The van der Waals surface area contributed by atoms with Crippen molar-refractivity contribution in [2.24, 2.45) is 0 Å². The lowest BCUT2D eigenvalue weighted by Gasteiger charge is -2.31. The van der Waals surface area contributed by atoms with Crippen LogP contribution >= 0.6 is 11.3 Å². The second-order valence-electron chi connectivity index (χ2n) is 5.40. The molecule has 2 heterocycles. The van der Waals surface area contributed by atoms with E-state index in [1.165, 1.54) is 17.7 Å². The Labute approximate surface area is 113 Å². The summed E-state index contributed by atoms with van der Waals surface area (Å²) in [7, 11) is 3.69. The maximum absolute atomic E-state index is 5.24. The van der Waals surface area contributed by atoms with Crippen LogP contribution in [0.3, 0.4) is 0 Å². The molecule has 1 aliphatic heterocycles. The van der Waals surface area contributed by atoms with E-state index in [4.69, 9.17) is 9.72 Å². The van der Waals surface area contributed by atoms with Gasteiger partial charge in [0.2, 0.25) is 0 Å². The minimum Gasteiger partial charge on any atom is -0.378 e. The van der Waals surface area contributed by atoms with Crippen LogP contribution in [0, 0.1) is 0 Å². The fourth-order valence-corrected chi connectivity index (χ4v) is 3.76. The number of hydrogen-bond donors (Lipinski definition) is 1. The highest BCUT2D eigenvalue weighted by molar-refractivity contribution is 7.15. The molecule has 0 radical (unpaired) electrons. The zero-order chi connectivity index (χ0) is 13.2. The minimum absolute atomic E-state index is 0.235. The Morgan fingerprint density at radius 2 is 2.28 bits per heavy atom. The molecule has 0 aliphatic carbocycles. The third kappa shape index (κ3) is 2.68. The first-order chi connectivity index (χ1) is 8.58. The fraction of sp³-hybridized carbons (Fsp3) is 0.769. The van der Waals surface area contributed by atoms with Crippen molar-refractivity contribution in [2.45, 2.75) is 45.4 Å². The summed E-state index contributed by atoms with van der Waals surface area (Å²) >= 11 is 1.80. The highest BCUT2D eigenvalue weighted by atomic mass is 32.1. The van der Waals surface area contributed by atoms with E-state index in [0.717, 1.165) is 23.9 Å². The molecule has 1 saturated heterocycles. The molecule has 1 aromatic heterocycles. The monoisotopic (exact) mass is 269 g/mol. The molecule has 4 nitrogen and oxygen atoms in total. The lowest BCUT2D eigenvalue weighted by atomic mass is 10.0. The summed E-state index contributed by atoms with van der Waals surface area (Å²) in [6.07, 6.45) is 2.50. The second-order valence-corrected chi connectivity index (χ2v) is 6.46. The van der Waals surface area contributed by atoms with Crippen molar-refractivity contribution in [2.75, 3.05) is 25.6 Å². The van der Waals surface area contributed by atoms with Crippen LogP contribution in [0.5, 0.6) is 0 Å². The Hall–Kier alpha value is -0.650. The van der Waals surface area contributed by atoms with Crippen molar-refractivity contribution >= 4 is 16.5 Å². The minimum atomic E-state index is 0.235. The van der Waals surface area contributed by atoms with Gasteiger partial charge in [-0.15, -0.1) is 11.3 Å².